The van der Waals surface area contributed by atoms with Crippen molar-refractivity contribution < 1.29 is 23.1 Å². The van der Waals surface area contributed by atoms with E-state index in [0.717, 1.165) is 0 Å². The Morgan fingerprint density at radius 1 is 1.29 bits per heavy atom. The molecule has 2 saturated heterocycles. The molecule has 2 aliphatic rings. The van der Waals surface area contributed by atoms with E-state index >= 15 is 0 Å². The molecule has 2 rings (SSSR count). The van der Waals surface area contributed by atoms with E-state index in [1.54, 1.807) is 0 Å². The summed E-state index contributed by atoms with van der Waals surface area (Å²) in [5, 5.41) is 0. The molecule has 14 heavy (non-hydrogen) atoms. The van der Waals surface area contributed by atoms with Gasteiger partial charge in [-0.2, -0.15) is 0 Å². The van der Waals surface area contributed by atoms with Gasteiger partial charge in [0.2, 0.25) is 0 Å². The van der Waals surface area contributed by atoms with E-state index in [0.29, 0.717) is 26.4 Å². The molecule has 0 aromatic rings. The van der Waals surface area contributed by atoms with Crippen LogP contribution < -0.4 is 0 Å². The second-order valence-electron chi connectivity index (χ2n) is 3.22. The predicted octanol–water partition coefficient (Wildman–Crippen LogP) is 1.15. The van der Waals surface area contributed by atoms with E-state index in [1.165, 1.54) is 5.82 Å². The van der Waals surface area contributed by atoms with Crippen LogP contribution in [-0.4, -0.2) is 38.6 Å². The summed E-state index contributed by atoms with van der Waals surface area (Å²) >= 11 is 0. The highest BCUT2D eigenvalue weighted by molar-refractivity contribution is 7.57. The van der Waals surface area contributed by atoms with Crippen LogP contribution in [0.5, 0.6) is 0 Å². The van der Waals surface area contributed by atoms with Gasteiger partial charge in [0.15, 0.2) is 0 Å². The van der Waals surface area contributed by atoms with E-state index in [9.17, 15) is 4.57 Å². The first-order valence-corrected chi connectivity index (χ1v) is 6.09. The maximum Gasteiger partial charge on any atom is 0.353 e. The number of ether oxygens (including phenoxy) is 2. The van der Waals surface area contributed by atoms with Gasteiger partial charge in [-0.3, -0.25) is 4.57 Å². The monoisotopic (exact) mass is 220 g/mol. The van der Waals surface area contributed by atoms with E-state index < -0.39 is 7.60 Å². The molecule has 0 bridgehead atoms. The molecule has 2 aliphatic heterocycles. The number of hydrogen-bond acceptors (Lipinski definition) is 5. The van der Waals surface area contributed by atoms with Crippen LogP contribution in [0.4, 0.5) is 0 Å². The van der Waals surface area contributed by atoms with Gasteiger partial charge in [-0.25, -0.2) is 0 Å². The van der Waals surface area contributed by atoms with Crippen LogP contribution in [-0.2, 0) is 23.1 Å². The molecule has 0 radical (unpaired) electrons. The summed E-state index contributed by atoms with van der Waals surface area (Å²) < 4.78 is 31.9. The normalized spacial score (nSPS) is 33.4. The molecule has 80 valence electrons. The van der Waals surface area contributed by atoms with Crippen LogP contribution in [0.25, 0.3) is 0 Å². The van der Waals surface area contributed by atoms with Gasteiger partial charge in [-0.15, -0.1) is 0 Å². The molecule has 5 nitrogen and oxygen atoms in total. The molecule has 0 N–H and O–H groups in total. The second kappa shape index (κ2) is 4.13. The second-order valence-corrected chi connectivity index (χ2v) is 5.19. The molecule has 0 aliphatic carbocycles. The Labute approximate surface area is 82.5 Å². The quantitative estimate of drug-likeness (QED) is 0.475. The van der Waals surface area contributed by atoms with Crippen LogP contribution in [0, 0.1) is 0 Å². The Balaban J connectivity index is 1.73. The van der Waals surface area contributed by atoms with Gasteiger partial charge in [0.25, 0.3) is 0 Å². The first kappa shape index (κ1) is 10.3. The van der Waals surface area contributed by atoms with Gasteiger partial charge < -0.3 is 18.5 Å². The van der Waals surface area contributed by atoms with Crippen molar-refractivity contribution in [1.29, 1.82) is 0 Å². The summed E-state index contributed by atoms with van der Waals surface area (Å²) in [5.74, 6) is 1.22. The zero-order chi connectivity index (χ0) is 10.0. The number of epoxide rings is 2. The highest BCUT2D eigenvalue weighted by Gasteiger charge is 2.31. The molecule has 2 atom stereocenters. The summed E-state index contributed by atoms with van der Waals surface area (Å²) in [4.78, 5) is 0. The van der Waals surface area contributed by atoms with Crippen LogP contribution in [0.3, 0.4) is 0 Å². The van der Waals surface area contributed by atoms with Crippen LogP contribution >= 0.6 is 7.60 Å². The average Bonchev–Trinajstić information content (AvgIpc) is 3.05. The van der Waals surface area contributed by atoms with Crippen molar-refractivity contribution in [3.63, 3.8) is 0 Å². The molecule has 2 fully saturated rings. The first-order chi connectivity index (χ1) is 6.72. The fraction of sp³-hybridized carbons (Fsp3) is 0.750. The third-order valence-corrected chi connectivity index (χ3v) is 3.37. The fourth-order valence-corrected chi connectivity index (χ4v) is 1.88. The minimum atomic E-state index is -3.12. The maximum absolute atomic E-state index is 11.8. The lowest BCUT2D eigenvalue weighted by atomic mass is 10.5. The van der Waals surface area contributed by atoms with E-state index in [1.807, 2.05) is 0 Å². The van der Waals surface area contributed by atoms with Crippen LogP contribution in [0.1, 0.15) is 0 Å². The molecule has 2 heterocycles. The Morgan fingerprint density at radius 3 is 2.00 bits per heavy atom. The van der Waals surface area contributed by atoms with Gasteiger partial charge >= 0.3 is 7.60 Å². The van der Waals surface area contributed by atoms with Crippen molar-refractivity contribution in [3.8, 4) is 0 Å². The van der Waals surface area contributed by atoms with Crippen molar-refractivity contribution in [2.75, 3.05) is 26.4 Å². The summed E-state index contributed by atoms with van der Waals surface area (Å²) in [7, 11) is -3.12. The standard InChI is InChI=1S/C8H13O5P/c1-2-14(9,12-5-7-3-10-7)13-6-8-4-11-8/h2,7-8H,1,3-6H2. The highest BCUT2D eigenvalue weighted by atomic mass is 31.2. The molecule has 0 spiro atoms. The van der Waals surface area contributed by atoms with E-state index in [4.69, 9.17) is 18.5 Å². The smallest absolute Gasteiger partial charge is 0.353 e. The van der Waals surface area contributed by atoms with Gasteiger partial charge in [-0.1, -0.05) is 6.58 Å². The summed E-state index contributed by atoms with van der Waals surface area (Å²) in [6.07, 6.45) is 0.146. The minimum absolute atomic E-state index is 0.0732. The van der Waals surface area contributed by atoms with Gasteiger partial charge in [-0.05, 0) is 0 Å². The van der Waals surface area contributed by atoms with Gasteiger partial charge in [0, 0.05) is 5.82 Å². The topological polar surface area (TPSA) is 60.6 Å². The molecule has 0 amide bonds. The SMILES string of the molecule is C=CP(=O)(OCC1CO1)OCC1CO1. The van der Waals surface area contributed by atoms with Crippen molar-refractivity contribution in [1.82, 2.24) is 0 Å². The molecular formula is C8H13O5P. The highest BCUT2D eigenvalue weighted by Crippen LogP contribution is 2.50. The van der Waals surface area contributed by atoms with Crippen molar-refractivity contribution in [2.45, 2.75) is 12.2 Å². The molecule has 2 unspecified atom stereocenters. The fourth-order valence-electron chi connectivity index (χ4n) is 0.845. The van der Waals surface area contributed by atoms with Crippen molar-refractivity contribution >= 4 is 7.60 Å². The number of rotatable bonds is 7. The lowest BCUT2D eigenvalue weighted by Crippen LogP contribution is -2.04. The minimum Gasteiger partial charge on any atom is -0.371 e. The van der Waals surface area contributed by atoms with Crippen molar-refractivity contribution in [2.24, 2.45) is 0 Å². The Bertz CT molecular complexity index is 238. The molecule has 0 aromatic heterocycles. The summed E-state index contributed by atoms with van der Waals surface area (Å²) in [5.41, 5.74) is 0. The van der Waals surface area contributed by atoms with E-state index in [-0.39, 0.29) is 12.2 Å². The van der Waals surface area contributed by atoms with Crippen LogP contribution in [0.15, 0.2) is 12.4 Å². The lowest BCUT2D eigenvalue weighted by molar-refractivity contribution is 0.183. The predicted molar refractivity (Wildman–Crippen MR) is 49.2 cm³/mol. The first-order valence-electron chi connectivity index (χ1n) is 4.47. The van der Waals surface area contributed by atoms with Crippen molar-refractivity contribution in [3.05, 3.63) is 12.4 Å². The number of hydrogen-bond donors (Lipinski definition) is 0. The summed E-state index contributed by atoms with van der Waals surface area (Å²) in [6.45, 7) is 5.37. The zero-order valence-corrected chi connectivity index (χ0v) is 8.65. The third-order valence-electron chi connectivity index (χ3n) is 1.91. The maximum atomic E-state index is 11.8. The largest absolute Gasteiger partial charge is 0.371 e. The molecule has 6 heteroatoms. The third kappa shape index (κ3) is 3.19. The Hall–Kier alpha value is -0.190. The van der Waals surface area contributed by atoms with Gasteiger partial charge in [0.05, 0.1) is 26.4 Å². The Morgan fingerprint density at radius 2 is 1.71 bits per heavy atom. The van der Waals surface area contributed by atoms with Crippen LogP contribution in [0.2, 0.25) is 0 Å². The Kier molecular flexibility index (Phi) is 3.04. The molecule has 0 saturated carbocycles. The van der Waals surface area contributed by atoms with Gasteiger partial charge in [0.1, 0.15) is 12.2 Å². The molecule has 0 aromatic carbocycles. The molecular weight excluding hydrogens is 207 g/mol. The lowest BCUT2D eigenvalue weighted by Gasteiger charge is -2.13. The average molecular weight is 220 g/mol. The van der Waals surface area contributed by atoms with E-state index in [2.05, 4.69) is 6.58 Å². The summed E-state index contributed by atoms with van der Waals surface area (Å²) in [6, 6.07) is 0. The zero-order valence-electron chi connectivity index (χ0n) is 7.76.